The molecule has 0 aliphatic carbocycles. The van der Waals surface area contributed by atoms with Crippen molar-refractivity contribution in [3.63, 3.8) is 0 Å². The summed E-state index contributed by atoms with van der Waals surface area (Å²) in [6.45, 7) is 4.17. The zero-order chi connectivity index (χ0) is 24.3. The highest BCUT2D eigenvalue weighted by Gasteiger charge is 2.20. The highest BCUT2D eigenvalue weighted by atomic mass is 32.2. The molecule has 174 valence electrons. The zero-order valence-corrected chi connectivity index (χ0v) is 19.5. The van der Waals surface area contributed by atoms with Gasteiger partial charge in [-0.1, -0.05) is 38.1 Å². The molecular formula is C22H25N5O5S. The van der Waals surface area contributed by atoms with Crippen LogP contribution in [0.4, 0.5) is 0 Å². The summed E-state index contributed by atoms with van der Waals surface area (Å²) < 4.78 is 26.9. The number of hydrogen-bond acceptors (Lipinski definition) is 6. The summed E-state index contributed by atoms with van der Waals surface area (Å²) in [7, 11) is -0.952. The maximum absolute atomic E-state index is 12.9. The van der Waals surface area contributed by atoms with E-state index in [-0.39, 0.29) is 27.6 Å². The fourth-order valence-corrected chi connectivity index (χ4v) is 4.07. The second-order valence-corrected chi connectivity index (χ2v) is 10.2. The molecule has 0 radical (unpaired) electrons. The number of carbonyl (C=O) groups excluding carboxylic acids is 2. The summed E-state index contributed by atoms with van der Waals surface area (Å²) >= 11 is 0. The van der Waals surface area contributed by atoms with Crippen LogP contribution in [0.25, 0.3) is 10.8 Å². The summed E-state index contributed by atoms with van der Waals surface area (Å²) in [6.07, 6.45) is 0. The van der Waals surface area contributed by atoms with Gasteiger partial charge in [-0.15, -0.1) is 0 Å². The molecule has 10 nitrogen and oxygen atoms in total. The Bertz CT molecular complexity index is 1380. The average Bonchev–Trinajstić information content (AvgIpc) is 2.78. The minimum atomic E-state index is -3.73. The Balaban J connectivity index is 1.87. The molecule has 0 fully saturated rings. The van der Waals surface area contributed by atoms with Crippen LogP contribution in [0.15, 0.2) is 58.2 Å². The molecule has 0 atom stereocenters. The van der Waals surface area contributed by atoms with Crippen molar-refractivity contribution in [3.05, 3.63) is 70.1 Å². The second-order valence-electron chi connectivity index (χ2n) is 8.00. The molecule has 0 aliphatic heterocycles. The lowest BCUT2D eigenvalue weighted by Gasteiger charge is -2.14. The summed E-state index contributed by atoms with van der Waals surface area (Å²) in [5, 5.41) is 4.91. The molecule has 0 aliphatic rings. The van der Waals surface area contributed by atoms with Gasteiger partial charge in [0.2, 0.25) is 10.0 Å². The number of nitrogens with zero attached hydrogens (tertiary/aromatic N) is 3. The first-order chi connectivity index (χ1) is 15.5. The van der Waals surface area contributed by atoms with Gasteiger partial charge in [0.25, 0.3) is 17.4 Å². The van der Waals surface area contributed by atoms with Gasteiger partial charge in [-0.05, 0) is 30.2 Å². The Morgan fingerprint density at radius 3 is 2.27 bits per heavy atom. The molecule has 11 heteroatoms. The van der Waals surface area contributed by atoms with Crippen molar-refractivity contribution >= 4 is 32.6 Å². The van der Waals surface area contributed by atoms with Gasteiger partial charge in [-0.25, -0.2) is 17.4 Å². The smallest absolute Gasteiger partial charge is 0.267 e. The van der Waals surface area contributed by atoms with E-state index in [2.05, 4.69) is 16.0 Å². The van der Waals surface area contributed by atoms with Crippen molar-refractivity contribution in [2.45, 2.75) is 25.3 Å². The van der Waals surface area contributed by atoms with Gasteiger partial charge in [0, 0.05) is 31.6 Å². The van der Waals surface area contributed by atoms with Crippen molar-refractivity contribution in [2.75, 3.05) is 14.1 Å². The summed E-state index contributed by atoms with van der Waals surface area (Å²) in [6, 6.07) is 12.0. The Morgan fingerprint density at radius 2 is 1.64 bits per heavy atom. The predicted molar refractivity (Wildman–Crippen MR) is 123 cm³/mol. The van der Waals surface area contributed by atoms with E-state index in [1.165, 1.54) is 43.0 Å². The number of hydrazine groups is 1. The summed E-state index contributed by atoms with van der Waals surface area (Å²) in [5.74, 6) is -1.30. The molecule has 1 heterocycles. The highest BCUT2D eigenvalue weighted by Crippen LogP contribution is 2.15. The molecule has 0 saturated carbocycles. The lowest BCUT2D eigenvalue weighted by molar-refractivity contribution is 0.0843. The van der Waals surface area contributed by atoms with Crippen molar-refractivity contribution in [3.8, 4) is 0 Å². The van der Waals surface area contributed by atoms with Crippen LogP contribution in [-0.4, -0.2) is 48.4 Å². The first-order valence-electron chi connectivity index (χ1n) is 10.2. The van der Waals surface area contributed by atoms with Gasteiger partial charge in [0.1, 0.15) is 0 Å². The maximum atomic E-state index is 12.9. The summed E-state index contributed by atoms with van der Waals surface area (Å²) in [4.78, 5) is 38.0. The third-order valence-electron chi connectivity index (χ3n) is 4.79. The molecule has 0 unspecified atom stereocenters. The first kappa shape index (κ1) is 24.1. The van der Waals surface area contributed by atoms with Crippen molar-refractivity contribution in [1.82, 2.24) is 24.9 Å². The average molecular weight is 472 g/mol. The third kappa shape index (κ3) is 5.10. The maximum Gasteiger partial charge on any atom is 0.290 e. The largest absolute Gasteiger partial charge is 0.290 e. The van der Waals surface area contributed by atoms with Crippen LogP contribution in [0.1, 0.15) is 34.7 Å². The fourth-order valence-electron chi connectivity index (χ4n) is 3.13. The van der Waals surface area contributed by atoms with Crippen molar-refractivity contribution < 1.29 is 18.0 Å². The van der Waals surface area contributed by atoms with Crippen molar-refractivity contribution in [2.24, 2.45) is 5.92 Å². The second kappa shape index (κ2) is 9.51. The van der Waals surface area contributed by atoms with Gasteiger partial charge >= 0.3 is 0 Å². The van der Waals surface area contributed by atoms with E-state index < -0.39 is 21.8 Å². The number of hydrogen-bond donors (Lipinski definition) is 2. The highest BCUT2D eigenvalue weighted by molar-refractivity contribution is 7.89. The molecule has 1 aromatic heterocycles. The normalized spacial score (nSPS) is 11.7. The number of benzene rings is 2. The molecule has 2 aromatic carbocycles. The number of carbonyl (C=O) groups is 2. The topological polar surface area (TPSA) is 130 Å². The Labute approximate surface area is 191 Å². The van der Waals surface area contributed by atoms with Gasteiger partial charge < -0.3 is 0 Å². The standard InChI is InChI=1S/C22H25N5O5S/c1-14(2)13-27-22(30)18-11-6-5-10-17(18)19(25-27)21(29)24-23-20(28)15-8-7-9-16(12-15)33(31,32)26(3)4/h5-12,14H,13H2,1-4H3,(H,23,28)(H,24,29). The van der Waals surface area contributed by atoms with Crippen LogP contribution in [0.2, 0.25) is 0 Å². The molecule has 2 N–H and O–H groups in total. The van der Waals surface area contributed by atoms with Gasteiger partial charge in [0.05, 0.1) is 10.3 Å². The van der Waals surface area contributed by atoms with E-state index >= 15 is 0 Å². The van der Waals surface area contributed by atoms with Crippen LogP contribution in [0.5, 0.6) is 0 Å². The number of amides is 2. The number of nitrogens with one attached hydrogen (secondary N) is 2. The molecular weight excluding hydrogens is 446 g/mol. The van der Waals surface area contributed by atoms with E-state index in [0.29, 0.717) is 17.3 Å². The Hall–Kier alpha value is -3.57. The monoisotopic (exact) mass is 471 g/mol. The van der Waals surface area contributed by atoms with E-state index in [1.54, 1.807) is 24.3 Å². The van der Waals surface area contributed by atoms with Crippen LogP contribution >= 0.6 is 0 Å². The molecule has 0 spiro atoms. The van der Waals surface area contributed by atoms with E-state index in [0.717, 1.165) is 4.31 Å². The van der Waals surface area contributed by atoms with Crippen LogP contribution in [-0.2, 0) is 16.6 Å². The molecule has 3 rings (SSSR count). The van der Waals surface area contributed by atoms with Gasteiger partial charge in [-0.2, -0.15) is 5.10 Å². The molecule has 33 heavy (non-hydrogen) atoms. The Morgan fingerprint density at radius 1 is 1.00 bits per heavy atom. The van der Waals surface area contributed by atoms with E-state index in [9.17, 15) is 22.8 Å². The number of rotatable bonds is 6. The molecule has 3 aromatic rings. The molecule has 0 bridgehead atoms. The number of aromatic nitrogens is 2. The van der Waals surface area contributed by atoms with Gasteiger partial charge in [-0.3, -0.25) is 25.2 Å². The van der Waals surface area contributed by atoms with Crippen molar-refractivity contribution in [1.29, 1.82) is 0 Å². The van der Waals surface area contributed by atoms with E-state index in [4.69, 9.17) is 0 Å². The van der Waals surface area contributed by atoms with E-state index in [1.807, 2.05) is 13.8 Å². The number of fused-ring (bicyclic) bond motifs is 1. The fraction of sp³-hybridized carbons (Fsp3) is 0.273. The minimum Gasteiger partial charge on any atom is -0.267 e. The van der Waals surface area contributed by atoms with Crippen LogP contribution < -0.4 is 16.4 Å². The van der Waals surface area contributed by atoms with Gasteiger partial charge in [0.15, 0.2) is 5.69 Å². The summed E-state index contributed by atoms with van der Waals surface area (Å²) in [5.41, 5.74) is 4.28. The lowest BCUT2D eigenvalue weighted by Crippen LogP contribution is -2.43. The quantitative estimate of drug-likeness (QED) is 0.522. The van der Waals surface area contributed by atoms with Crippen LogP contribution in [0, 0.1) is 5.92 Å². The SMILES string of the molecule is CC(C)Cn1nc(C(=O)NNC(=O)c2cccc(S(=O)(=O)N(C)C)c2)c2ccccc2c1=O. The number of sulfonamides is 1. The third-order valence-corrected chi connectivity index (χ3v) is 6.60. The van der Waals surface area contributed by atoms with Crippen LogP contribution in [0.3, 0.4) is 0 Å². The Kier molecular flexibility index (Phi) is 6.94. The lowest BCUT2D eigenvalue weighted by atomic mass is 10.1. The predicted octanol–water partition coefficient (Wildman–Crippen LogP) is 1.38. The molecule has 0 saturated heterocycles. The zero-order valence-electron chi connectivity index (χ0n) is 18.7. The minimum absolute atomic E-state index is 0.0184. The first-order valence-corrected chi connectivity index (χ1v) is 11.6. The molecule has 2 amide bonds.